The van der Waals surface area contributed by atoms with Crippen LogP contribution >= 0.6 is 15.9 Å². The fourth-order valence-electron chi connectivity index (χ4n) is 2.23. The molecule has 0 radical (unpaired) electrons. The molecule has 3 nitrogen and oxygen atoms in total. The predicted octanol–water partition coefficient (Wildman–Crippen LogP) is 3.86. The Labute approximate surface area is 127 Å². The van der Waals surface area contributed by atoms with Gasteiger partial charge in [-0.15, -0.1) is 0 Å². The maximum atomic E-state index is 9.89. The van der Waals surface area contributed by atoms with Crippen LogP contribution in [-0.4, -0.2) is 16.8 Å². The topological polar surface area (TPSA) is 52.5 Å². The van der Waals surface area contributed by atoms with Crippen molar-refractivity contribution in [2.24, 2.45) is 0 Å². The molecular formula is C16H18BrNO2. The number of hydrogen-bond donors (Lipinski definition) is 3. The van der Waals surface area contributed by atoms with Crippen LogP contribution < -0.4 is 5.32 Å². The van der Waals surface area contributed by atoms with Gasteiger partial charge in [-0.25, -0.2) is 0 Å². The Morgan fingerprint density at radius 1 is 1.15 bits per heavy atom. The van der Waals surface area contributed by atoms with Crippen LogP contribution in [0.25, 0.3) is 0 Å². The molecule has 0 spiro atoms. The van der Waals surface area contributed by atoms with Crippen LogP contribution in [0.3, 0.4) is 0 Å². The molecule has 0 saturated heterocycles. The third-order valence-electron chi connectivity index (χ3n) is 3.50. The van der Waals surface area contributed by atoms with Crippen LogP contribution in [0.15, 0.2) is 53.0 Å². The van der Waals surface area contributed by atoms with Crippen molar-refractivity contribution in [2.75, 3.05) is 11.9 Å². The predicted molar refractivity (Wildman–Crippen MR) is 84.9 cm³/mol. The molecule has 1 atom stereocenters. The Morgan fingerprint density at radius 3 is 2.40 bits per heavy atom. The van der Waals surface area contributed by atoms with Crippen molar-refractivity contribution in [1.82, 2.24) is 0 Å². The number of phenols is 1. The molecule has 0 aliphatic heterocycles. The Morgan fingerprint density at radius 2 is 1.85 bits per heavy atom. The molecule has 0 bridgehead atoms. The minimum Gasteiger partial charge on any atom is -0.508 e. The van der Waals surface area contributed by atoms with Crippen LogP contribution in [0.2, 0.25) is 0 Å². The number of phenolic OH excluding ortho intramolecular Hbond substituents is 1. The molecule has 2 aromatic rings. The van der Waals surface area contributed by atoms with E-state index in [0.29, 0.717) is 0 Å². The van der Waals surface area contributed by atoms with Crippen LogP contribution in [-0.2, 0) is 5.54 Å². The number of rotatable bonds is 5. The van der Waals surface area contributed by atoms with Crippen molar-refractivity contribution >= 4 is 21.6 Å². The summed E-state index contributed by atoms with van der Waals surface area (Å²) in [7, 11) is 0. The van der Waals surface area contributed by atoms with E-state index in [4.69, 9.17) is 0 Å². The van der Waals surface area contributed by atoms with Gasteiger partial charge in [0.25, 0.3) is 0 Å². The standard InChI is InChI=1S/C16H18BrNO2/c1-2-16(11-19,12-6-8-15(20)9-7-12)18-14-5-3-4-13(17)10-14/h3-10,18-20H,2,11H2,1H3. The van der Waals surface area contributed by atoms with Gasteiger partial charge in [0.15, 0.2) is 0 Å². The molecule has 106 valence electrons. The first kappa shape index (κ1) is 14.9. The lowest BCUT2D eigenvalue weighted by Crippen LogP contribution is -2.38. The monoisotopic (exact) mass is 335 g/mol. The van der Waals surface area contributed by atoms with Gasteiger partial charge in [-0.2, -0.15) is 0 Å². The number of aromatic hydroxyl groups is 1. The minimum absolute atomic E-state index is 0.0270. The van der Waals surface area contributed by atoms with Gasteiger partial charge in [0, 0.05) is 10.2 Å². The summed E-state index contributed by atoms with van der Waals surface area (Å²) in [4.78, 5) is 0. The second kappa shape index (κ2) is 6.29. The van der Waals surface area contributed by atoms with E-state index in [9.17, 15) is 10.2 Å². The number of aliphatic hydroxyl groups excluding tert-OH is 1. The second-order valence-electron chi connectivity index (χ2n) is 4.78. The summed E-state index contributed by atoms with van der Waals surface area (Å²) < 4.78 is 0.983. The molecule has 0 saturated carbocycles. The summed E-state index contributed by atoms with van der Waals surface area (Å²) in [6.07, 6.45) is 0.723. The summed E-state index contributed by atoms with van der Waals surface area (Å²) in [6, 6.07) is 14.8. The average Bonchev–Trinajstić information content (AvgIpc) is 2.46. The first-order valence-corrected chi connectivity index (χ1v) is 7.33. The number of halogens is 1. The number of aliphatic hydroxyl groups is 1. The first-order chi connectivity index (χ1) is 9.59. The van der Waals surface area contributed by atoms with E-state index in [0.717, 1.165) is 22.1 Å². The molecule has 0 aliphatic rings. The van der Waals surface area contributed by atoms with Crippen molar-refractivity contribution in [1.29, 1.82) is 0 Å². The van der Waals surface area contributed by atoms with Crippen LogP contribution in [0.5, 0.6) is 5.75 Å². The third kappa shape index (κ3) is 3.14. The van der Waals surface area contributed by atoms with E-state index >= 15 is 0 Å². The highest BCUT2D eigenvalue weighted by molar-refractivity contribution is 9.10. The Hall–Kier alpha value is -1.52. The molecule has 0 heterocycles. The van der Waals surface area contributed by atoms with Crippen molar-refractivity contribution < 1.29 is 10.2 Å². The van der Waals surface area contributed by atoms with Crippen LogP contribution in [0, 0.1) is 0 Å². The van der Waals surface area contributed by atoms with Crippen molar-refractivity contribution in [3.8, 4) is 5.75 Å². The SMILES string of the molecule is CCC(CO)(Nc1cccc(Br)c1)c1ccc(O)cc1. The average molecular weight is 336 g/mol. The smallest absolute Gasteiger partial charge is 0.115 e. The van der Waals surface area contributed by atoms with Gasteiger partial charge in [-0.05, 0) is 42.3 Å². The van der Waals surface area contributed by atoms with Crippen molar-refractivity contribution in [2.45, 2.75) is 18.9 Å². The lowest BCUT2D eigenvalue weighted by Gasteiger charge is -2.34. The molecule has 0 aliphatic carbocycles. The van der Waals surface area contributed by atoms with Crippen LogP contribution in [0.4, 0.5) is 5.69 Å². The fourth-order valence-corrected chi connectivity index (χ4v) is 2.63. The molecule has 0 amide bonds. The molecular weight excluding hydrogens is 318 g/mol. The Balaban J connectivity index is 2.36. The van der Waals surface area contributed by atoms with E-state index in [2.05, 4.69) is 21.2 Å². The normalized spacial score (nSPS) is 13.8. The van der Waals surface area contributed by atoms with E-state index in [1.807, 2.05) is 43.3 Å². The molecule has 20 heavy (non-hydrogen) atoms. The summed E-state index contributed by atoms with van der Waals surface area (Å²) in [6.45, 7) is 1.99. The zero-order chi connectivity index (χ0) is 14.6. The number of benzene rings is 2. The molecule has 0 aromatic heterocycles. The van der Waals surface area contributed by atoms with E-state index in [-0.39, 0.29) is 12.4 Å². The summed E-state index contributed by atoms with van der Waals surface area (Å²) in [5.74, 6) is 0.221. The molecule has 4 heteroatoms. The van der Waals surface area contributed by atoms with Gasteiger partial charge < -0.3 is 15.5 Å². The van der Waals surface area contributed by atoms with Crippen molar-refractivity contribution in [3.63, 3.8) is 0 Å². The zero-order valence-corrected chi connectivity index (χ0v) is 12.9. The maximum Gasteiger partial charge on any atom is 0.115 e. The number of nitrogens with one attached hydrogen (secondary N) is 1. The fraction of sp³-hybridized carbons (Fsp3) is 0.250. The molecule has 3 N–H and O–H groups in total. The van der Waals surface area contributed by atoms with Gasteiger partial charge >= 0.3 is 0 Å². The van der Waals surface area contributed by atoms with E-state index < -0.39 is 5.54 Å². The first-order valence-electron chi connectivity index (χ1n) is 6.54. The lowest BCUT2D eigenvalue weighted by molar-refractivity contribution is 0.207. The van der Waals surface area contributed by atoms with Gasteiger partial charge in [-0.1, -0.05) is 41.1 Å². The minimum atomic E-state index is -0.561. The lowest BCUT2D eigenvalue weighted by atomic mass is 9.87. The van der Waals surface area contributed by atoms with Gasteiger partial charge in [-0.3, -0.25) is 0 Å². The highest BCUT2D eigenvalue weighted by atomic mass is 79.9. The number of hydrogen-bond acceptors (Lipinski definition) is 3. The second-order valence-corrected chi connectivity index (χ2v) is 5.69. The summed E-state index contributed by atoms with van der Waals surface area (Å²) >= 11 is 3.44. The van der Waals surface area contributed by atoms with Gasteiger partial charge in [0.1, 0.15) is 5.75 Å². The summed E-state index contributed by atoms with van der Waals surface area (Å²) in [5, 5.41) is 22.7. The van der Waals surface area contributed by atoms with Gasteiger partial charge in [0.05, 0.1) is 12.1 Å². The Bertz CT molecular complexity index is 565. The summed E-state index contributed by atoms with van der Waals surface area (Å²) in [5.41, 5.74) is 1.32. The van der Waals surface area contributed by atoms with Gasteiger partial charge in [0.2, 0.25) is 0 Å². The molecule has 2 aromatic carbocycles. The highest BCUT2D eigenvalue weighted by Gasteiger charge is 2.29. The quantitative estimate of drug-likeness (QED) is 0.777. The Kier molecular flexibility index (Phi) is 4.68. The number of anilines is 1. The molecule has 1 unspecified atom stereocenters. The third-order valence-corrected chi connectivity index (χ3v) is 3.99. The van der Waals surface area contributed by atoms with Crippen molar-refractivity contribution in [3.05, 3.63) is 58.6 Å². The zero-order valence-electron chi connectivity index (χ0n) is 11.3. The molecule has 2 rings (SSSR count). The van der Waals surface area contributed by atoms with E-state index in [1.54, 1.807) is 12.1 Å². The highest BCUT2D eigenvalue weighted by Crippen LogP contribution is 2.31. The van der Waals surface area contributed by atoms with Crippen LogP contribution in [0.1, 0.15) is 18.9 Å². The largest absolute Gasteiger partial charge is 0.508 e. The molecule has 0 fully saturated rings. The maximum absolute atomic E-state index is 9.89. The van der Waals surface area contributed by atoms with E-state index in [1.165, 1.54) is 0 Å².